The van der Waals surface area contributed by atoms with Gasteiger partial charge in [0.2, 0.25) is 17.6 Å². The van der Waals surface area contributed by atoms with E-state index >= 15 is 0 Å². The molecule has 12 nitrogen and oxygen atoms in total. The maximum absolute atomic E-state index is 13.3. The highest BCUT2D eigenvalue weighted by Gasteiger charge is 2.41. The largest absolute Gasteiger partial charge is 0.443 e. The smallest absolute Gasteiger partial charge is 0.353 e. The molecule has 17 heteroatoms. The Bertz CT molecular complexity index is 1590. The zero-order valence-electron chi connectivity index (χ0n) is 25.9. The van der Waals surface area contributed by atoms with Crippen molar-refractivity contribution in [3.8, 4) is 0 Å². The number of carbonyl (C=O) groups excluding carboxylic acids is 5. The van der Waals surface area contributed by atoms with E-state index in [4.69, 9.17) is 0 Å². The summed E-state index contributed by atoms with van der Waals surface area (Å²) in [5.74, 6) is -2.37. The van der Waals surface area contributed by atoms with Gasteiger partial charge >= 0.3 is 6.18 Å². The van der Waals surface area contributed by atoms with Gasteiger partial charge in [0.25, 0.3) is 17.4 Å². The van der Waals surface area contributed by atoms with Crippen molar-refractivity contribution in [2.75, 3.05) is 12.4 Å². The number of likely N-dealkylation sites (N-methyl/N-ethyl adjacent to an activating group) is 1. The van der Waals surface area contributed by atoms with E-state index in [0.717, 1.165) is 23.8 Å². The average molecular weight is 746 g/mol. The molecule has 2 aromatic heterocycles. The lowest BCUT2D eigenvalue weighted by Gasteiger charge is -2.46. The Kier molecular flexibility index (Phi) is 11.6. The third-order valence-corrected chi connectivity index (χ3v) is 10.6. The van der Waals surface area contributed by atoms with Crippen molar-refractivity contribution >= 4 is 62.4 Å². The quantitative estimate of drug-likeness (QED) is 0.256. The number of aromatic nitrogens is 2. The molecule has 2 aliphatic rings. The van der Waals surface area contributed by atoms with Crippen molar-refractivity contribution in [1.29, 1.82) is 0 Å². The molecule has 2 aromatic rings. The van der Waals surface area contributed by atoms with E-state index in [9.17, 15) is 41.9 Å². The maximum Gasteiger partial charge on any atom is 0.443 e. The zero-order chi connectivity index (χ0) is 34.6. The number of alkyl halides is 3. The van der Waals surface area contributed by atoms with Crippen LogP contribution in [-0.2, 0) is 31.9 Å². The van der Waals surface area contributed by atoms with Crippen molar-refractivity contribution in [2.45, 2.75) is 77.2 Å². The SMILES string of the molecule is CNC(=O)C(=O)CC[C@H](NC(=O)c1sc(C(F)(F)F)nc1Br)C(=O)Nc1cccn(CC(=O)NC2C(C)CC3CC(C)CC2C3)c1=O. The minimum atomic E-state index is -4.82. The topological polar surface area (TPSA) is 168 Å². The number of hydrogen-bond donors (Lipinski definition) is 4. The van der Waals surface area contributed by atoms with E-state index in [2.05, 4.69) is 56.0 Å². The number of nitrogens with zero attached hydrogens (tertiary/aromatic N) is 2. The van der Waals surface area contributed by atoms with Crippen LogP contribution in [0, 0.1) is 23.7 Å². The van der Waals surface area contributed by atoms with Crippen LogP contribution in [0.15, 0.2) is 27.7 Å². The van der Waals surface area contributed by atoms with Gasteiger partial charge in [-0.15, -0.1) is 11.3 Å². The van der Waals surface area contributed by atoms with E-state index in [1.807, 2.05) is 0 Å². The summed E-state index contributed by atoms with van der Waals surface area (Å²) in [6.07, 6.45) is -0.0273. The molecule has 0 saturated heterocycles. The van der Waals surface area contributed by atoms with Crippen molar-refractivity contribution in [2.24, 2.45) is 23.7 Å². The zero-order valence-corrected chi connectivity index (χ0v) is 28.3. The summed E-state index contributed by atoms with van der Waals surface area (Å²) < 4.78 is 40.2. The Morgan fingerprint density at radius 3 is 2.51 bits per heavy atom. The minimum absolute atomic E-state index is 0.00671. The first-order valence-corrected chi connectivity index (χ1v) is 16.8. The number of anilines is 1. The van der Waals surface area contributed by atoms with E-state index in [0.29, 0.717) is 23.7 Å². The number of nitrogens with one attached hydrogen (secondary N) is 4. The number of carbonyl (C=O) groups is 5. The van der Waals surface area contributed by atoms with E-state index in [1.165, 1.54) is 31.8 Å². The Morgan fingerprint density at radius 2 is 1.85 bits per heavy atom. The molecule has 2 heterocycles. The van der Waals surface area contributed by atoms with Crippen LogP contribution in [0.25, 0.3) is 0 Å². The molecule has 4 amide bonds. The van der Waals surface area contributed by atoms with Gasteiger partial charge in [0.1, 0.15) is 27.8 Å². The van der Waals surface area contributed by atoms with Crippen molar-refractivity contribution < 1.29 is 37.1 Å². The summed E-state index contributed by atoms with van der Waals surface area (Å²) in [5, 5.41) is 8.62. The molecule has 4 N–H and O–H groups in total. The lowest BCUT2D eigenvalue weighted by Crippen LogP contribution is -2.51. The summed E-state index contributed by atoms with van der Waals surface area (Å²) in [7, 11) is 1.23. The molecule has 2 fully saturated rings. The van der Waals surface area contributed by atoms with Crippen molar-refractivity contribution in [3.63, 3.8) is 0 Å². The summed E-state index contributed by atoms with van der Waals surface area (Å²) in [4.78, 5) is 79.3. The van der Waals surface area contributed by atoms with Crippen LogP contribution < -0.4 is 26.8 Å². The lowest BCUT2D eigenvalue weighted by molar-refractivity contribution is -0.137. The number of rotatable bonds is 11. The first kappa shape index (κ1) is 36.2. The van der Waals surface area contributed by atoms with Gasteiger partial charge in [-0.05, 0) is 83.8 Å². The van der Waals surface area contributed by atoms with Crippen molar-refractivity contribution in [3.05, 3.63) is 43.2 Å². The number of Topliss-reactive ketones (excluding diaryl/α,β-unsaturated/α-hetero) is 1. The molecule has 0 radical (unpaired) electrons. The second-order valence-corrected chi connectivity index (χ2v) is 14.0. The van der Waals surface area contributed by atoms with Gasteiger partial charge in [0.15, 0.2) is 5.01 Å². The third-order valence-electron chi connectivity index (χ3n) is 8.62. The number of fused-ring (bicyclic) bond motifs is 2. The molecule has 256 valence electrons. The lowest BCUT2D eigenvalue weighted by atomic mass is 9.63. The number of thiazole rings is 1. The second-order valence-electron chi connectivity index (χ2n) is 12.3. The molecule has 5 unspecified atom stereocenters. The van der Waals surface area contributed by atoms with Crippen LogP contribution in [0.4, 0.5) is 18.9 Å². The van der Waals surface area contributed by atoms with Crippen LogP contribution in [0.3, 0.4) is 0 Å². The standard InChI is InChI=1S/C30H36BrF3N6O6S/c1-14-9-16-11-15(2)22(17(10-14)12-16)38-21(42)13-40-8-4-5-19(28(40)46)37-25(43)18(6-7-20(41)26(44)35-3)36-27(45)23-24(31)39-29(47-23)30(32,33)34/h4-5,8,14-18,22H,6-7,9-13H2,1-3H3,(H,35,44)(H,36,45)(H,37,43)(H,38,42)/t14?,15?,16?,17?,18-,22?/m0/s1. The van der Waals surface area contributed by atoms with Gasteiger partial charge in [-0.3, -0.25) is 28.8 Å². The van der Waals surface area contributed by atoms with E-state index in [1.54, 1.807) is 0 Å². The van der Waals surface area contributed by atoms with Crippen molar-refractivity contribution in [1.82, 2.24) is 25.5 Å². The second kappa shape index (κ2) is 15.1. The summed E-state index contributed by atoms with van der Waals surface area (Å²) >= 11 is 2.87. The van der Waals surface area contributed by atoms with Gasteiger partial charge < -0.3 is 25.8 Å². The molecular formula is C30H36BrF3N6O6S. The highest BCUT2D eigenvalue weighted by molar-refractivity contribution is 9.10. The number of ketones is 1. The van der Waals surface area contributed by atoms with Crippen LogP contribution in [0.2, 0.25) is 0 Å². The fraction of sp³-hybridized carbons (Fsp3) is 0.567. The van der Waals surface area contributed by atoms with Gasteiger partial charge in [0, 0.05) is 25.7 Å². The Hall–Kier alpha value is -3.60. The van der Waals surface area contributed by atoms with Crippen LogP contribution in [0.1, 0.15) is 67.1 Å². The number of hydrogen-bond acceptors (Lipinski definition) is 8. The normalized spacial score (nSPS) is 22.9. The average Bonchev–Trinajstić information content (AvgIpc) is 3.40. The Morgan fingerprint density at radius 1 is 1.13 bits per heavy atom. The minimum Gasteiger partial charge on any atom is -0.353 e. The molecule has 0 aromatic carbocycles. The highest BCUT2D eigenvalue weighted by Crippen LogP contribution is 2.44. The fourth-order valence-corrected chi connectivity index (χ4v) is 8.08. The van der Waals surface area contributed by atoms with Crippen LogP contribution in [-0.4, -0.2) is 58.1 Å². The van der Waals surface area contributed by atoms with Gasteiger partial charge in [0.05, 0.1) is 0 Å². The molecule has 4 rings (SSSR count). The predicted octanol–water partition coefficient (Wildman–Crippen LogP) is 3.50. The number of amides is 4. The molecule has 0 aliphatic heterocycles. The van der Waals surface area contributed by atoms with Gasteiger partial charge in [-0.25, -0.2) is 4.98 Å². The molecule has 2 bridgehead atoms. The Balaban J connectivity index is 1.47. The summed E-state index contributed by atoms with van der Waals surface area (Å²) in [6.45, 7) is 4.05. The first-order valence-electron chi connectivity index (χ1n) is 15.2. The molecule has 6 atom stereocenters. The summed E-state index contributed by atoms with van der Waals surface area (Å²) in [6, 6.07) is 1.17. The monoisotopic (exact) mass is 744 g/mol. The first-order chi connectivity index (χ1) is 22.1. The van der Waals surface area contributed by atoms with E-state index in [-0.39, 0.29) is 35.5 Å². The Labute approximate surface area is 280 Å². The third kappa shape index (κ3) is 9.06. The number of pyridine rings is 1. The van der Waals surface area contributed by atoms with Gasteiger partial charge in [-0.2, -0.15) is 13.2 Å². The van der Waals surface area contributed by atoms with Gasteiger partial charge in [-0.1, -0.05) is 13.8 Å². The maximum atomic E-state index is 13.3. The molecule has 2 aliphatic carbocycles. The fourth-order valence-electron chi connectivity index (χ4n) is 6.63. The molecular weight excluding hydrogens is 709 g/mol. The predicted molar refractivity (Wildman–Crippen MR) is 169 cm³/mol. The molecule has 47 heavy (non-hydrogen) atoms. The molecule has 2 saturated carbocycles. The molecule has 0 spiro atoms. The number of halogens is 4. The highest BCUT2D eigenvalue weighted by atomic mass is 79.9. The summed E-state index contributed by atoms with van der Waals surface area (Å²) in [5.41, 5.74) is -0.957. The van der Waals surface area contributed by atoms with Crippen LogP contribution >= 0.6 is 27.3 Å². The van der Waals surface area contributed by atoms with E-state index < -0.39 is 68.6 Å². The van der Waals surface area contributed by atoms with Crippen LogP contribution in [0.5, 0.6) is 0 Å².